The van der Waals surface area contributed by atoms with Crippen LogP contribution in [0.25, 0.3) is 0 Å². The van der Waals surface area contributed by atoms with Crippen LogP contribution in [-0.2, 0) is 25.6 Å². The van der Waals surface area contributed by atoms with Crippen molar-refractivity contribution in [2.45, 2.75) is 45.7 Å². The molecule has 8 nitrogen and oxygen atoms in total. The second-order valence-electron chi connectivity index (χ2n) is 6.81. The van der Waals surface area contributed by atoms with Gasteiger partial charge in [-0.3, -0.25) is 19.2 Å². The first-order valence-electron chi connectivity index (χ1n) is 8.86. The van der Waals surface area contributed by atoms with Gasteiger partial charge in [0.1, 0.15) is 12.1 Å². The molecule has 0 aliphatic heterocycles. The van der Waals surface area contributed by atoms with Gasteiger partial charge in [-0.1, -0.05) is 44.2 Å². The van der Waals surface area contributed by atoms with Crippen LogP contribution >= 0.6 is 0 Å². The predicted octanol–water partition coefficient (Wildman–Crippen LogP) is -0.134. The van der Waals surface area contributed by atoms with E-state index in [0.29, 0.717) is 12.8 Å². The van der Waals surface area contributed by atoms with E-state index < -0.39 is 29.8 Å². The van der Waals surface area contributed by atoms with Gasteiger partial charge in [0, 0.05) is 13.3 Å². The number of rotatable bonds is 10. The molecule has 0 bridgehead atoms. The first-order valence-corrected chi connectivity index (χ1v) is 8.86. The minimum absolute atomic E-state index is 0.174. The summed E-state index contributed by atoms with van der Waals surface area (Å²) in [7, 11) is 0. The third-order valence-corrected chi connectivity index (χ3v) is 3.79. The zero-order valence-electron chi connectivity index (χ0n) is 16.0. The predicted molar refractivity (Wildman–Crippen MR) is 101 cm³/mol. The third-order valence-electron chi connectivity index (χ3n) is 3.79. The number of amides is 4. The van der Waals surface area contributed by atoms with Crippen LogP contribution in [-0.4, -0.2) is 42.3 Å². The van der Waals surface area contributed by atoms with E-state index in [-0.39, 0.29) is 18.4 Å². The van der Waals surface area contributed by atoms with E-state index in [9.17, 15) is 19.2 Å². The molecule has 0 aliphatic carbocycles. The molecule has 2 unspecified atom stereocenters. The largest absolute Gasteiger partial charge is 0.368 e. The molecular weight excluding hydrogens is 348 g/mol. The van der Waals surface area contributed by atoms with Crippen LogP contribution < -0.4 is 21.7 Å². The number of nitrogens with one attached hydrogen (secondary N) is 3. The molecule has 0 saturated heterocycles. The normalized spacial score (nSPS) is 12.7. The SMILES string of the molecule is CC(=O)NC(Cc1ccccc1)C(=O)NCC(=O)NC(CC(C)C)C(N)=O. The zero-order valence-corrected chi connectivity index (χ0v) is 16.0. The lowest BCUT2D eigenvalue weighted by molar-refractivity contribution is -0.130. The molecule has 0 radical (unpaired) electrons. The van der Waals surface area contributed by atoms with E-state index in [4.69, 9.17) is 5.73 Å². The summed E-state index contributed by atoms with van der Waals surface area (Å²) < 4.78 is 0. The first-order chi connectivity index (χ1) is 12.7. The summed E-state index contributed by atoms with van der Waals surface area (Å²) in [4.78, 5) is 47.2. The summed E-state index contributed by atoms with van der Waals surface area (Å²) in [5.41, 5.74) is 6.17. The fourth-order valence-electron chi connectivity index (χ4n) is 2.56. The Morgan fingerprint density at radius 2 is 1.63 bits per heavy atom. The molecule has 0 saturated carbocycles. The van der Waals surface area contributed by atoms with Crippen molar-refractivity contribution >= 4 is 23.6 Å². The van der Waals surface area contributed by atoms with Crippen LogP contribution in [0.3, 0.4) is 0 Å². The average molecular weight is 376 g/mol. The molecule has 0 spiro atoms. The highest BCUT2D eigenvalue weighted by atomic mass is 16.2. The molecule has 1 rings (SSSR count). The number of carbonyl (C=O) groups is 4. The van der Waals surface area contributed by atoms with E-state index in [0.717, 1.165) is 5.56 Å². The molecule has 4 amide bonds. The Bertz CT molecular complexity index is 661. The maximum Gasteiger partial charge on any atom is 0.243 e. The summed E-state index contributed by atoms with van der Waals surface area (Å²) >= 11 is 0. The van der Waals surface area contributed by atoms with Gasteiger partial charge < -0.3 is 21.7 Å². The van der Waals surface area contributed by atoms with Crippen molar-refractivity contribution in [1.82, 2.24) is 16.0 Å². The molecule has 1 aromatic rings. The summed E-state index contributed by atoms with van der Waals surface area (Å²) in [6.07, 6.45) is 0.711. The van der Waals surface area contributed by atoms with E-state index in [1.807, 2.05) is 44.2 Å². The van der Waals surface area contributed by atoms with Crippen LogP contribution in [0.4, 0.5) is 0 Å². The second-order valence-corrected chi connectivity index (χ2v) is 6.81. The zero-order chi connectivity index (χ0) is 20.4. The molecule has 5 N–H and O–H groups in total. The Hall–Kier alpha value is -2.90. The lowest BCUT2D eigenvalue weighted by Crippen LogP contribution is -2.52. The lowest BCUT2D eigenvalue weighted by Gasteiger charge is -2.19. The Kier molecular flexibility index (Phi) is 8.98. The van der Waals surface area contributed by atoms with Crippen molar-refractivity contribution in [3.63, 3.8) is 0 Å². The van der Waals surface area contributed by atoms with Gasteiger partial charge in [0.2, 0.25) is 23.6 Å². The highest BCUT2D eigenvalue weighted by molar-refractivity contribution is 5.92. The number of primary amides is 1. The molecule has 148 valence electrons. The van der Waals surface area contributed by atoms with E-state index in [1.54, 1.807) is 0 Å². The number of hydrogen-bond donors (Lipinski definition) is 4. The fourth-order valence-corrected chi connectivity index (χ4v) is 2.56. The molecular formula is C19H28N4O4. The summed E-state index contributed by atoms with van der Waals surface area (Å²) in [6.45, 7) is 4.82. The van der Waals surface area contributed by atoms with Crippen LogP contribution in [0.1, 0.15) is 32.8 Å². The fraction of sp³-hybridized carbons (Fsp3) is 0.474. The van der Waals surface area contributed by atoms with Crippen molar-refractivity contribution in [3.05, 3.63) is 35.9 Å². The molecule has 0 fully saturated rings. The van der Waals surface area contributed by atoms with Gasteiger partial charge in [-0.15, -0.1) is 0 Å². The monoisotopic (exact) mass is 376 g/mol. The minimum Gasteiger partial charge on any atom is -0.368 e. The minimum atomic E-state index is -0.805. The maximum absolute atomic E-state index is 12.4. The second kappa shape index (κ2) is 10.9. The number of benzene rings is 1. The summed E-state index contributed by atoms with van der Waals surface area (Å²) in [6, 6.07) is 7.63. The topological polar surface area (TPSA) is 130 Å². The highest BCUT2D eigenvalue weighted by Gasteiger charge is 2.22. The Balaban J connectivity index is 2.62. The number of hydrogen-bond acceptors (Lipinski definition) is 4. The third kappa shape index (κ3) is 8.84. The van der Waals surface area contributed by atoms with Crippen LogP contribution in [0.15, 0.2) is 30.3 Å². The Morgan fingerprint density at radius 3 is 2.15 bits per heavy atom. The van der Waals surface area contributed by atoms with Crippen molar-refractivity contribution < 1.29 is 19.2 Å². The molecule has 2 atom stereocenters. The van der Waals surface area contributed by atoms with Crippen molar-refractivity contribution in [2.24, 2.45) is 11.7 Å². The summed E-state index contributed by atoms with van der Waals surface area (Å²) in [5.74, 6) is -1.80. The average Bonchev–Trinajstić information content (AvgIpc) is 2.58. The van der Waals surface area contributed by atoms with Crippen molar-refractivity contribution in [3.8, 4) is 0 Å². The van der Waals surface area contributed by atoms with Gasteiger partial charge in [-0.25, -0.2) is 0 Å². The van der Waals surface area contributed by atoms with E-state index >= 15 is 0 Å². The van der Waals surface area contributed by atoms with Crippen molar-refractivity contribution in [2.75, 3.05) is 6.54 Å². The molecule has 27 heavy (non-hydrogen) atoms. The summed E-state index contributed by atoms with van der Waals surface area (Å²) in [5, 5.41) is 7.59. The van der Waals surface area contributed by atoms with Crippen molar-refractivity contribution in [1.29, 1.82) is 0 Å². The molecule has 8 heteroatoms. The van der Waals surface area contributed by atoms with Gasteiger partial charge in [0.05, 0.1) is 6.54 Å². The van der Waals surface area contributed by atoms with Crippen LogP contribution in [0, 0.1) is 5.92 Å². The molecule has 0 heterocycles. The van der Waals surface area contributed by atoms with Gasteiger partial charge in [-0.2, -0.15) is 0 Å². The van der Waals surface area contributed by atoms with Crippen LogP contribution in [0.5, 0.6) is 0 Å². The van der Waals surface area contributed by atoms with E-state index in [1.165, 1.54) is 6.92 Å². The smallest absolute Gasteiger partial charge is 0.243 e. The van der Waals surface area contributed by atoms with Gasteiger partial charge in [-0.05, 0) is 17.9 Å². The number of nitrogens with two attached hydrogens (primary N) is 1. The molecule has 0 aliphatic rings. The standard InChI is InChI=1S/C19H28N4O4/c1-12(2)9-15(18(20)26)23-17(25)11-21-19(27)16(22-13(3)24)10-14-7-5-4-6-8-14/h4-8,12,15-16H,9-11H2,1-3H3,(H2,20,26)(H,21,27)(H,22,24)(H,23,25). The first kappa shape index (κ1) is 22.1. The maximum atomic E-state index is 12.4. The Morgan fingerprint density at radius 1 is 1.00 bits per heavy atom. The van der Waals surface area contributed by atoms with Gasteiger partial charge in [0.15, 0.2) is 0 Å². The molecule has 1 aromatic carbocycles. The van der Waals surface area contributed by atoms with Gasteiger partial charge in [0.25, 0.3) is 0 Å². The van der Waals surface area contributed by atoms with Gasteiger partial charge >= 0.3 is 0 Å². The quantitative estimate of drug-likeness (QED) is 0.453. The highest BCUT2D eigenvalue weighted by Crippen LogP contribution is 2.05. The van der Waals surface area contributed by atoms with Crippen LogP contribution in [0.2, 0.25) is 0 Å². The molecule has 0 aromatic heterocycles. The van der Waals surface area contributed by atoms with E-state index in [2.05, 4.69) is 16.0 Å². The Labute approximate surface area is 159 Å². The lowest BCUT2D eigenvalue weighted by atomic mass is 10.0. The number of carbonyl (C=O) groups excluding carboxylic acids is 4.